The van der Waals surface area contributed by atoms with E-state index in [0.717, 1.165) is 12.8 Å². The van der Waals surface area contributed by atoms with Crippen LogP contribution in [0.3, 0.4) is 0 Å². The first-order chi connectivity index (χ1) is 8.80. The van der Waals surface area contributed by atoms with Gasteiger partial charge < -0.3 is 18.8 Å². The van der Waals surface area contributed by atoms with Gasteiger partial charge in [-0.25, -0.2) is 0 Å². The van der Waals surface area contributed by atoms with E-state index in [2.05, 4.69) is 33.8 Å². The lowest BCUT2D eigenvalue weighted by Crippen LogP contribution is -2.41. The molecule has 1 heterocycles. The van der Waals surface area contributed by atoms with Crippen molar-refractivity contribution in [3.63, 3.8) is 0 Å². The fourth-order valence-corrected chi connectivity index (χ4v) is 2.65. The number of hydrogen-bond acceptors (Lipinski definition) is 4. The van der Waals surface area contributed by atoms with Crippen molar-refractivity contribution < 1.29 is 18.8 Å². The maximum Gasteiger partial charge on any atom is 0.490 e. The van der Waals surface area contributed by atoms with Gasteiger partial charge in [-0.3, -0.25) is 0 Å². The van der Waals surface area contributed by atoms with E-state index >= 15 is 0 Å². The summed E-state index contributed by atoms with van der Waals surface area (Å²) in [5.74, 6) is 0.351. The van der Waals surface area contributed by atoms with Gasteiger partial charge in [0.1, 0.15) is 0 Å². The van der Waals surface area contributed by atoms with E-state index in [0.29, 0.717) is 5.92 Å². The third-order valence-electron chi connectivity index (χ3n) is 4.59. The Kier molecular flexibility index (Phi) is 4.12. The molecule has 0 amide bonds. The SMILES string of the molecule is COC(OC)[C@@H]1CC=C(B2OC(C)(C)C(C)(C)O2)C1. The van der Waals surface area contributed by atoms with Crippen LogP contribution in [0.25, 0.3) is 0 Å². The number of rotatable bonds is 4. The normalized spacial score (nSPS) is 29.1. The Balaban J connectivity index is 1.99. The minimum Gasteiger partial charge on any atom is -0.400 e. The molecule has 0 N–H and O–H groups in total. The Morgan fingerprint density at radius 3 is 2.16 bits per heavy atom. The molecule has 0 unspecified atom stereocenters. The molecule has 0 bridgehead atoms. The molecule has 1 fully saturated rings. The zero-order valence-corrected chi connectivity index (χ0v) is 12.9. The summed E-state index contributed by atoms with van der Waals surface area (Å²) in [6, 6.07) is 0. The standard InChI is InChI=1S/C14H25BO4/c1-13(2)14(3,4)19-15(18-13)11-8-7-10(9-11)12(16-5)17-6/h8,10,12H,7,9H2,1-6H3/t10-/m1/s1. The quantitative estimate of drug-likeness (QED) is 0.580. The highest BCUT2D eigenvalue weighted by Crippen LogP contribution is 2.41. The Morgan fingerprint density at radius 2 is 1.68 bits per heavy atom. The van der Waals surface area contributed by atoms with Crippen LogP contribution in [-0.2, 0) is 18.8 Å². The lowest BCUT2D eigenvalue weighted by Gasteiger charge is -2.32. The monoisotopic (exact) mass is 268 g/mol. The molecule has 0 spiro atoms. The molecule has 19 heavy (non-hydrogen) atoms. The van der Waals surface area contributed by atoms with Crippen LogP contribution in [0, 0.1) is 5.92 Å². The molecule has 1 saturated heterocycles. The van der Waals surface area contributed by atoms with Gasteiger partial charge in [0.25, 0.3) is 0 Å². The van der Waals surface area contributed by atoms with Crippen LogP contribution >= 0.6 is 0 Å². The lowest BCUT2D eigenvalue weighted by atomic mass is 9.77. The second-order valence-corrected chi connectivity index (χ2v) is 6.41. The first kappa shape index (κ1) is 15.0. The van der Waals surface area contributed by atoms with E-state index in [1.165, 1.54) is 5.47 Å². The second kappa shape index (κ2) is 5.21. The molecule has 0 aromatic rings. The first-order valence-electron chi connectivity index (χ1n) is 6.91. The third-order valence-corrected chi connectivity index (χ3v) is 4.59. The van der Waals surface area contributed by atoms with Gasteiger partial charge in [0.2, 0.25) is 0 Å². The molecular formula is C14H25BO4. The first-order valence-corrected chi connectivity index (χ1v) is 6.91. The molecule has 5 heteroatoms. The average Bonchev–Trinajstić information content (AvgIpc) is 2.85. The smallest absolute Gasteiger partial charge is 0.400 e. The van der Waals surface area contributed by atoms with E-state index in [4.69, 9.17) is 18.8 Å². The topological polar surface area (TPSA) is 36.9 Å². The van der Waals surface area contributed by atoms with Crippen LogP contribution < -0.4 is 0 Å². The highest BCUT2D eigenvalue weighted by molar-refractivity contribution is 6.54. The van der Waals surface area contributed by atoms with E-state index in [-0.39, 0.29) is 24.6 Å². The molecule has 108 valence electrons. The molecule has 1 aliphatic carbocycles. The molecule has 0 aromatic heterocycles. The molecule has 1 aliphatic heterocycles. The molecule has 2 aliphatic rings. The van der Waals surface area contributed by atoms with Crippen LogP contribution in [0.2, 0.25) is 0 Å². The number of ether oxygens (including phenoxy) is 2. The summed E-state index contributed by atoms with van der Waals surface area (Å²) < 4.78 is 22.8. The van der Waals surface area contributed by atoms with E-state index < -0.39 is 0 Å². The predicted molar refractivity (Wildman–Crippen MR) is 74.7 cm³/mol. The largest absolute Gasteiger partial charge is 0.490 e. The number of methoxy groups -OCH3 is 2. The van der Waals surface area contributed by atoms with Gasteiger partial charge in [0.15, 0.2) is 6.29 Å². The minimum absolute atomic E-state index is 0.156. The Bertz CT molecular complexity index is 344. The van der Waals surface area contributed by atoms with Crippen molar-refractivity contribution >= 4 is 7.12 Å². The second-order valence-electron chi connectivity index (χ2n) is 6.41. The van der Waals surface area contributed by atoms with Crippen molar-refractivity contribution in [2.24, 2.45) is 5.92 Å². The molecule has 2 rings (SSSR count). The van der Waals surface area contributed by atoms with Gasteiger partial charge >= 0.3 is 7.12 Å². The number of hydrogen-bond donors (Lipinski definition) is 0. The van der Waals surface area contributed by atoms with Crippen molar-refractivity contribution in [2.75, 3.05) is 14.2 Å². The summed E-state index contributed by atoms with van der Waals surface area (Å²) in [7, 11) is 3.13. The fraction of sp³-hybridized carbons (Fsp3) is 0.857. The van der Waals surface area contributed by atoms with Gasteiger partial charge in [-0.15, -0.1) is 0 Å². The molecule has 0 saturated carbocycles. The van der Waals surface area contributed by atoms with Gasteiger partial charge in [-0.2, -0.15) is 0 Å². The van der Waals surface area contributed by atoms with Crippen molar-refractivity contribution in [1.82, 2.24) is 0 Å². The zero-order valence-electron chi connectivity index (χ0n) is 12.9. The van der Waals surface area contributed by atoms with Crippen molar-refractivity contribution in [3.05, 3.63) is 11.5 Å². The highest BCUT2D eigenvalue weighted by atomic mass is 16.7. The van der Waals surface area contributed by atoms with Crippen LogP contribution in [0.15, 0.2) is 11.5 Å². The van der Waals surface area contributed by atoms with Crippen molar-refractivity contribution in [1.29, 1.82) is 0 Å². The van der Waals surface area contributed by atoms with Crippen LogP contribution in [-0.4, -0.2) is 38.8 Å². The van der Waals surface area contributed by atoms with Crippen molar-refractivity contribution in [3.8, 4) is 0 Å². The summed E-state index contributed by atoms with van der Waals surface area (Å²) in [5, 5.41) is 0. The molecule has 4 nitrogen and oxygen atoms in total. The van der Waals surface area contributed by atoms with Gasteiger partial charge in [0, 0.05) is 20.1 Å². The summed E-state index contributed by atoms with van der Waals surface area (Å²) in [6.07, 6.45) is 3.91. The highest BCUT2D eigenvalue weighted by Gasteiger charge is 2.53. The van der Waals surface area contributed by atoms with Gasteiger partial charge in [-0.1, -0.05) is 6.08 Å². The summed E-state index contributed by atoms with van der Waals surface area (Å²) in [5.41, 5.74) is 0.652. The molecule has 0 aromatic carbocycles. The number of allylic oxidation sites excluding steroid dienone is 2. The summed E-state index contributed by atoms with van der Waals surface area (Å²) in [4.78, 5) is 0. The Morgan fingerprint density at radius 1 is 1.16 bits per heavy atom. The minimum atomic E-state index is -0.279. The Labute approximate surface area is 116 Å². The Hall–Kier alpha value is -0.355. The summed E-state index contributed by atoms with van der Waals surface area (Å²) >= 11 is 0. The van der Waals surface area contributed by atoms with Gasteiger partial charge in [-0.05, 0) is 46.0 Å². The van der Waals surface area contributed by atoms with Crippen LogP contribution in [0.4, 0.5) is 0 Å². The lowest BCUT2D eigenvalue weighted by molar-refractivity contribution is -0.134. The van der Waals surface area contributed by atoms with E-state index in [1.54, 1.807) is 14.2 Å². The van der Waals surface area contributed by atoms with E-state index in [1.807, 2.05) is 0 Å². The molecule has 1 atom stereocenters. The average molecular weight is 268 g/mol. The maximum atomic E-state index is 6.07. The predicted octanol–water partition coefficient (Wildman–Crippen LogP) is 2.57. The zero-order chi connectivity index (χ0) is 14.3. The van der Waals surface area contributed by atoms with Crippen LogP contribution in [0.5, 0.6) is 0 Å². The third kappa shape index (κ3) is 2.75. The fourth-order valence-electron chi connectivity index (χ4n) is 2.65. The summed E-state index contributed by atoms with van der Waals surface area (Å²) in [6.45, 7) is 8.31. The van der Waals surface area contributed by atoms with Crippen LogP contribution in [0.1, 0.15) is 40.5 Å². The van der Waals surface area contributed by atoms with E-state index in [9.17, 15) is 0 Å². The maximum absolute atomic E-state index is 6.07. The van der Waals surface area contributed by atoms with Gasteiger partial charge in [0.05, 0.1) is 11.2 Å². The molecule has 0 radical (unpaired) electrons. The van der Waals surface area contributed by atoms with Crippen molar-refractivity contribution in [2.45, 2.75) is 58.0 Å². The molecular weight excluding hydrogens is 243 g/mol.